The third-order valence-corrected chi connectivity index (χ3v) is 3.16. The molecule has 1 aliphatic heterocycles. The maximum atomic E-state index is 5.78. The quantitative estimate of drug-likeness (QED) is 0.801. The Hall–Kier alpha value is -1.02. The molecule has 2 rings (SSSR count). The third kappa shape index (κ3) is 2.32. The Kier molecular flexibility index (Phi) is 3.27. The van der Waals surface area contributed by atoms with Crippen LogP contribution in [0.2, 0.25) is 0 Å². The maximum absolute atomic E-state index is 5.78. The van der Waals surface area contributed by atoms with Crippen molar-refractivity contribution in [3.63, 3.8) is 0 Å². The van der Waals surface area contributed by atoms with Gasteiger partial charge in [0.05, 0.1) is 0 Å². The van der Waals surface area contributed by atoms with E-state index >= 15 is 0 Å². The van der Waals surface area contributed by atoms with Gasteiger partial charge in [-0.2, -0.15) is 0 Å². The highest BCUT2D eigenvalue weighted by Gasteiger charge is 2.13. The molecule has 0 saturated carbocycles. The second kappa shape index (κ2) is 4.67. The standard InChI is InChI=1S/C13H20N2/c1-11-5-6-12(10-14)13(9-11)15-7-3-2-4-8-15/h5-6,9H,2-4,7-8,10,14H2,1H3. The van der Waals surface area contributed by atoms with Crippen LogP contribution in [0.5, 0.6) is 0 Å². The van der Waals surface area contributed by atoms with E-state index in [1.807, 2.05) is 0 Å². The summed E-state index contributed by atoms with van der Waals surface area (Å²) in [6.45, 7) is 5.17. The first-order valence-electron chi connectivity index (χ1n) is 5.86. The van der Waals surface area contributed by atoms with Crippen molar-refractivity contribution >= 4 is 5.69 Å². The molecule has 1 saturated heterocycles. The van der Waals surface area contributed by atoms with Crippen LogP contribution in [0.1, 0.15) is 30.4 Å². The van der Waals surface area contributed by atoms with Gasteiger partial charge in [-0.25, -0.2) is 0 Å². The Balaban J connectivity index is 2.27. The topological polar surface area (TPSA) is 29.3 Å². The highest BCUT2D eigenvalue weighted by molar-refractivity contribution is 5.55. The lowest BCUT2D eigenvalue weighted by Crippen LogP contribution is -2.30. The molecule has 1 aromatic rings. The molecule has 0 unspecified atom stereocenters. The zero-order chi connectivity index (χ0) is 10.7. The average molecular weight is 204 g/mol. The molecule has 82 valence electrons. The van der Waals surface area contributed by atoms with Crippen molar-refractivity contribution in [2.45, 2.75) is 32.7 Å². The van der Waals surface area contributed by atoms with Gasteiger partial charge in [-0.15, -0.1) is 0 Å². The van der Waals surface area contributed by atoms with Gasteiger partial charge in [-0.3, -0.25) is 0 Å². The molecule has 1 aliphatic rings. The minimum absolute atomic E-state index is 0.645. The summed E-state index contributed by atoms with van der Waals surface area (Å²) in [7, 11) is 0. The van der Waals surface area contributed by atoms with Crippen LogP contribution in [0.15, 0.2) is 18.2 Å². The SMILES string of the molecule is Cc1ccc(CN)c(N2CCCCC2)c1. The molecule has 0 bridgehead atoms. The Morgan fingerprint density at radius 2 is 1.93 bits per heavy atom. The predicted molar refractivity (Wildman–Crippen MR) is 65.1 cm³/mol. The highest BCUT2D eigenvalue weighted by Crippen LogP contribution is 2.25. The van der Waals surface area contributed by atoms with Crippen LogP contribution in [0.4, 0.5) is 5.69 Å². The van der Waals surface area contributed by atoms with Crippen molar-refractivity contribution in [3.8, 4) is 0 Å². The Morgan fingerprint density at radius 1 is 1.20 bits per heavy atom. The van der Waals surface area contributed by atoms with Crippen molar-refractivity contribution in [1.82, 2.24) is 0 Å². The van der Waals surface area contributed by atoms with Gasteiger partial charge in [0.15, 0.2) is 0 Å². The van der Waals surface area contributed by atoms with Crippen LogP contribution in [-0.4, -0.2) is 13.1 Å². The van der Waals surface area contributed by atoms with Gasteiger partial charge in [-0.1, -0.05) is 12.1 Å². The smallest absolute Gasteiger partial charge is 0.0414 e. The monoisotopic (exact) mass is 204 g/mol. The number of anilines is 1. The number of nitrogens with two attached hydrogens (primary N) is 1. The fraction of sp³-hybridized carbons (Fsp3) is 0.538. The van der Waals surface area contributed by atoms with Crippen molar-refractivity contribution in [2.75, 3.05) is 18.0 Å². The lowest BCUT2D eigenvalue weighted by atomic mass is 10.1. The van der Waals surface area contributed by atoms with Gasteiger partial charge in [0.1, 0.15) is 0 Å². The van der Waals surface area contributed by atoms with Gasteiger partial charge in [0.25, 0.3) is 0 Å². The summed E-state index contributed by atoms with van der Waals surface area (Å²) >= 11 is 0. The number of piperidine rings is 1. The number of benzene rings is 1. The van der Waals surface area contributed by atoms with E-state index in [-0.39, 0.29) is 0 Å². The van der Waals surface area contributed by atoms with Gasteiger partial charge in [-0.05, 0) is 43.4 Å². The third-order valence-electron chi connectivity index (χ3n) is 3.16. The fourth-order valence-corrected chi connectivity index (χ4v) is 2.28. The van der Waals surface area contributed by atoms with Crippen molar-refractivity contribution in [1.29, 1.82) is 0 Å². The number of hydrogen-bond donors (Lipinski definition) is 1. The molecule has 2 N–H and O–H groups in total. The molecule has 1 fully saturated rings. The summed E-state index contributed by atoms with van der Waals surface area (Å²) in [6, 6.07) is 6.59. The van der Waals surface area contributed by atoms with Gasteiger partial charge in [0.2, 0.25) is 0 Å². The zero-order valence-electron chi connectivity index (χ0n) is 9.50. The summed E-state index contributed by atoms with van der Waals surface area (Å²) in [4.78, 5) is 2.48. The van der Waals surface area contributed by atoms with Crippen molar-refractivity contribution in [2.24, 2.45) is 5.73 Å². The summed E-state index contributed by atoms with van der Waals surface area (Å²) in [5.41, 5.74) is 9.75. The van der Waals surface area contributed by atoms with E-state index < -0.39 is 0 Å². The van der Waals surface area contributed by atoms with Crippen LogP contribution in [0, 0.1) is 6.92 Å². The molecule has 0 radical (unpaired) electrons. The van der Waals surface area contributed by atoms with Gasteiger partial charge >= 0.3 is 0 Å². The summed E-state index contributed by atoms with van der Waals surface area (Å²) in [6.07, 6.45) is 4.01. The van der Waals surface area contributed by atoms with Gasteiger partial charge in [0, 0.05) is 25.3 Å². The molecule has 1 heterocycles. The Morgan fingerprint density at radius 3 is 2.60 bits per heavy atom. The number of rotatable bonds is 2. The average Bonchev–Trinajstić information content (AvgIpc) is 2.30. The number of hydrogen-bond acceptors (Lipinski definition) is 2. The van der Waals surface area contributed by atoms with Crippen LogP contribution < -0.4 is 10.6 Å². The number of aryl methyl sites for hydroxylation is 1. The maximum Gasteiger partial charge on any atom is 0.0414 e. The molecule has 0 aliphatic carbocycles. The number of nitrogens with zero attached hydrogens (tertiary/aromatic N) is 1. The largest absolute Gasteiger partial charge is 0.371 e. The minimum atomic E-state index is 0.645. The first kappa shape index (κ1) is 10.5. The van der Waals surface area contributed by atoms with Crippen LogP contribution in [0.25, 0.3) is 0 Å². The van der Waals surface area contributed by atoms with Crippen LogP contribution in [-0.2, 0) is 6.54 Å². The van der Waals surface area contributed by atoms with Gasteiger partial charge < -0.3 is 10.6 Å². The summed E-state index contributed by atoms with van der Waals surface area (Å²) in [5.74, 6) is 0. The first-order chi connectivity index (χ1) is 7.31. The normalized spacial score (nSPS) is 16.8. The predicted octanol–water partition coefficient (Wildman–Crippen LogP) is 2.44. The molecular formula is C13H20N2. The van der Waals surface area contributed by atoms with Crippen molar-refractivity contribution in [3.05, 3.63) is 29.3 Å². The molecule has 0 atom stereocenters. The van der Waals surface area contributed by atoms with Crippen molar-refractivity contribution < 1.29 is 0 Å². The zero-order valence-corrected chi connectivity index (χ0v) is 9.50. The second-order valence-electron chi connectivity index (χ2n) is 4.38. The van der Waals surface area contributed by atoms with Crippen LogP contribution in [0.3, 0.4) is 0 Å². The van der Waals surface area contributed by atoms with E-state index in [0.717, 1.165) is 0 Å². The Bertz CT molecular complexity index is 327. The second-order valence-corrected chi connectivity index (χ2v) is 4.38. The molecular weight excluding hydrogens is 184 g/mol. The molecule has 0 spiro atoms. The van der Waals surface area contributed by atoms with E-state index in [9.17, 15) is 0 Å². The molecule has 2 heteroatoms. The first-order valence-corrected chi connectivity index (χ1v) is 5.86. The minimum Gasteiger partial charge on any atom is -0.371 e. The molecule has 1 aromatic carbocycles. The van der Waals surface area contributed by atoms with E-state index in [0.29, 0.717) is 6.54 Å². The van der Waals surface area contributed by atoms with E-state index in [1.54, 1.807) is 0 Å². The van der Waals surface area contributed by atoms with E-state index in [4.69, 9.17) is 5.73 Å². The van der Waals surface area contributed by atoms with E-state index in [1.165, 1.54) is 49.2 Å². The highest BCUT2D eigenvalue weighted by atomic mass is 15.1. The Labute approximate surface area is 92.1 Å². The van der Waals surface area contributed by atoms with Crippen LogP contribution >= 0.6 is 0 Å². The lowest BCUT2D eigenvalue weighted by Gasteiger charge is -2.30. The summed E-state index contributed by atoms with van der Waals surface area (Å²) in [5, 5.41) is 0. The van der Waals surface area contributed by atoms with E-state index in [2.05, 4.69) is 30.0 Å². The fourth-order valence-electron chi connectivity index (χ4n) is 2.28. The summed E-state index contributed by atoms with van der Waals surface area (Å²) < 4.78 is 0. The molecule has 0 amide bonds. The lowest BCUT2D eigenvalue weighted by molar-refractivity contribution is 0.576. The molecule has 0 aromatic heterocycles. The molecule has 15 heavy (non-hydrogen) atoms. The molecule has 2 nitrogen and oxygen atoms in total.